The number of hydrogen-bond donors (Lipinski definition) is 7. The molecular weight excluding hydrogens is 862 g/mol. The van der Waals surface area contributed by atoms with E-state index >= 15 is 0 Å². The second kappa shape index (κ2) is 17.3. The van der Waals surface area contributed by atoms with Crippen molar-refractivity contribution in [3.05, 3.63) is 75.0 Å². The minimum Gasteiger partial charge on any atom is -0.481 e. The number of ether oxygens (including phenoxy) is 2. The van der Waals surface area contributed by atoms with Crippen LogP contribution in [-0.4, -0.2) is 98.0 Å². The van der Waals surface area contributed by atoms with Crippen molar-refractivity contribution in [2.45, 2.75) is 95.5 Å². The Bertz CT molecular complexity index is 2140. The molecule has 4 fully saturated rings. The predicted molar refractivity (Wildman–Crippen MR) is 221 cm³/mol. The van der Waals surface area contributed by atoms with Crippen molar-refractivity contribution in [3.63, 3.8) is 0 Å². The van der Waals surface area contributed by atoms with Crippen molar-refractivity contribution >= 4 is 68.2 Å². The highest BCUT2D eigenvalue weighted by Gasteiger charge is 2.76. The molecule has 3 amide bonds. The number of anilines is 1. The average molecular weight is 913 g/mol. The number of carbonyl (C=O) groups is 6. The van der Waals surface area contributed by atoms with E-state index in [-0.39, 0.29) is 47.4 Å². The van der Waals surface area contributed by atoms with Gasteiger partial charge >= 0.3 is 5.97 Å². The van der Waals surface area contributed by atoms with Crippen molar-refractivity contribution in [3.8, 4) is 0 Å². The zero-order valence-corrected chi connectivity index (χ0v) is 35.7. The fraction of sp³-hybridized carbons (Fsp3) is 0.535. The highest BCUT2D eigenvalue weighted by molar-refractivity contribution is 9.09. The maximum absolute atomic E-state index is 14.0. The van der Waals surface area contributed by atoms with Gasteiger partial charge < -0.3 is 45.9 Å². The summed E-state index contributed by atoms with van der Waals surface area (Å²) in [6.07, 6.45) is 4.89. The molecule has 0 unspecified atom stereocenters. The van der Waals surface area contributed by atoms with Crippen molar-refractivity contribution in [2.75, 3.05) is 23.8 Å². The summed E-state index contributed by atoms with van der Waals surface area (Å²) in [7, 11) is 0. The van der Waals surface area contributed by atoms with Crippen molar-refractivity contribution in [1.29, 1.82) is 0 Å². The summed E-state index contributed by atoms with van der Waals surface area (Å²) in [5.41, 5.74) is -0.366. The first kappa shape index (κ1) is 44.0. The number of benzene rings is 1. The van der Waals surface area contributed by atoms with E-state index in [1.54, 1.807) is 30.4 Å². The van der Waals surface area contributed by atoms with Gasteiger partial charge in [0.05, 0.1) is 35.6 Å². The predicted octanol–water partition coefficient (Wildman–Crippen LogP) is 3.23. The number of aliphatic hydroxyl groups excluding tert-OH is 3. The van der Waals surface area contributed by atoms with Gasteiger partial charge in [0.25, 0.3) is 0 Å². The third kappa shape index (κ3) is 7.93. The van der Waals surface area contributed by atoms with Gasteiger partial charge in [0.1, 0.15) is 12.6 Å². The second-order valence-electron chi connectivity index (χ2n) is 16.9. The number of aliphatic hydroxyl groups is 3. The summed E-state index contributed by atoms with van der Waals surface area (Å²) in [5, 5.41) is 49.2. The van der Waals surface area contributed by atoms with Gasteiger partial charge in [-0.1, -0.05) is 53.6 Å². The Labute approximate surface area is 359 Å². The number of Topliss-reactive ketones (excluding diaryl/α,β-unsaturated/α-hetero) is 1. The van der Waals surface area contributed by atoms with Crippen LogP contribution in [0.15, 0.2) is 54.1 Å². The van der Waals surface area contributed by atoms with Crippen molar-refractivity contribution in [1.82, 2.24) is 10.6 Å². The molecule has 2 heterocycles. The van der Waals surface area contributed by atoms with E-state index < -0.39 is 96.6 Å². The van der Waals surface area contributed by atoms with Gasteiger partial charge in [-0.05, 0) is 79.9 Å². The molecule has 1 aliphatic heterocycles. The number of fused-ring (bicyclic) bond motifs is 7. The molecular formula is C43H50BrN3O12S. The van der Waals surface area contributed by atoms with Gasteiger partial charge in [0, 0.05) is 45.7 Å². The van der Waals surface area contributed by atoms with Gasteiger partial charge in [0.15, 0.2) is 23.5 Å². The molecule has 0 spiro atoms. The lowest BCUT2D eigenvalue weighted by molar-refractivity contribution is -0.200. The normalized spacial score (nSPS) is 31.8. The number of thiophene rings is 1. The number of ketones is 2. The number of amides is 3. The number of carboxylic acids is 1. The summed E-state index contributed by atoms with van der Waals surface area (Å²) in [4.78, 5) is 76.7. The number of halogens is 1. The first-order valence-electron chi connectivity index (χ1n) is 20.1. The van der Waals surface area contributed by atoms with Crippen LogP contribution in [0.4, 0.5) is 5.69 Å². The number of carboxylic acid groups (broad SMARTS) is 1. The standard InChI is InChI=1S/C43H50BrN3O12S/c1-41-12-11-25(50)15-24(41)5-7-27-28-16-34-43(33(52)21-49,42(28,2)17-31(51)38(27)41)59-40(58-34)32-9-6-26(60-32)13-22-3-4-23(20-48)30(14-22)47-39(57)29(8-10-37(55)56)46-36(54)19-45-35(53)18-44/h3-4,6,9,11-12,14-15,27-29,31,34,38,40,48-49,51H,5,7-8,10,13,16-21H2,1-2H3,(H,45,53)(H,46,54)(H,47,57)(H,55,56)/t27-,28-,29-,31-,34+,38+,40+,41-,42-,43+/m0/s1. The Kier molecular flexibility index (Phi) is 12.7. The smallest absolute Gasteiger partial charge is 0.303 e. The van der Waals surface area contributed by atoms with Gasteiger partial charge in [-0.15, -0.1) is 11.3 Å². The van der Waals surface area contributed by atoms with E-state index in [9.17, 15) is 49.2 Å². The van der Waals surface area contributed by atoms with E-state index in [2.05, 4.69) is 38.8 Å². The minimum absolute atomic E-state index is 0.0265. The SMILES string of the molecule is C[C@]12C=CC(=O)C=C1CC[C@@H]1[C@@H]2[C@@H](O)C[C@@]2(C)[C@H]1C[C@H]1O[C@@H](c3ccc(Cc4ccc(CO)c(NC(=O)[C@H](CCC(=O)O)NC(=O)CNC(=O)CBr)c4)s3)O[C@]12C(=O)CO. The first-order valence-corrected chi connectivity index (χ1v) is 22.1. The minimum atomic E-state index is -1.49. The number of hydrogen-bond acceptors (Lipinski definition) is 12. The van der Waals surface area contributed by atoms with E-state index in [0.717, 1.165) is 22.4 Å². The third-order valence-corrected chi connectivity index (χ3v) is 15.2. The molecule has 7 rings (SSSR count). The van der Waals surface area contributed by atoms with Crippen LogP contribution in [0.25, 0.3) is 0 Å². The number of alkyl halides is 1. The van der Waals surface area contributed by atoms with Crippen LogP contribution in [0.2, 0.25) is 0 Å². The van der Waals surface area contributed by atoms with Crippen molar-refractivity contribution < 1.29 is 58.7 Å². The Morgan fingerprint density at radius 2 is 1.87 bits per heavy atom. The van der Waals surface area contributed by atoms with Crippen LogP contribution < -0.4 is 16.0 Å². The Morgan fingerprint density at radius 1 is 1.08 bits per heavy atom. The summed E-state index contributed by atoms with van der Waals surface area (Å²) in [6.45, 7) is 2.51. The van der Waals surface area contributed by atoms with Crippen LogP contribution in [0, 0.1) is 28.6 Å². The van der Waals surface area contributed by atoms with E-state index in [1.165, 1.54) is 11.3 Å². The van der Waals surface area contributed by atoms with Gasteiger partial charge in [-0.3, -0.25) is 28.8 Å². The lowest BCUT2D eigenvalue weighted by Crippen LogP contribution is -2.63. The molecule has 10 atom stereocenters. The molecule has 5 aliphatic rings. The number of rotatable bonds is 15. The maximum Gasteiger partial charge on any atom is 0.303 e. The average Bonchev–Trinajstić information content (AvgIpc) is 3.91. The Morgan fingerprint density at radius 3 is 2.58 bits per heavy atom. The topological polar surface area (TPSA) is 238 Å². The number of carbonyl (C=O) groups excluding carboxylic acids is 5. The number of allylic oxidation sites excluding steroid dienone is 4. The molecule has 7 N–H and O–H groups in total. The molecule has 0 bridgehead atoms. The van der Waals surface area contributed by atoms with Gasteiger partial charge in [-0.25, -0.2) is 0 Å². The zero-order valence-electron chi connectivity index (χ0n) is 33.3. The summed E-state index contributed by atoms with van der Waals surface area (Å²) in [5.74, 6) is -3.67. The fourth-order valence-corrected chi connectivity index (χ4v) is 12.1. The van der Waals surface area contributed by atoms with E-state index in [1.807, 2.05) is 25.1 Å². The highest BCUT2D eigenvalue weighted by Crippen LogP contribution is 2.70. The molecule has 1 saturated heterocycles. The molecule has 60 heavy (non-hydrogen) atoms. The molecule has 322 valence electrons. The number of nitrogens with one attached hydrogen (secondary N) is 3. The quantitative estimate of drug-likeness (QED) is 0.128. The third-order valence-electron chi connectivity index (χ3n) is 13.6. The fourth-order valence-electron chi connectivity index (χ4n) is 10.8. The first-order chi connectivity index (χ1) is 28.6. The van der Waals surface area contributed by atoms with Crippen LogP contribution in [-0.2, 0) is 51.3 Å². The van der Waals surface area contributed by atoms with E-state index in [0.29, 0.717) is 29.7 Å². The maximum atomic E-state index is 14.0. The monoisotopic (exact) mass is 911 g/mol. The molecule has 3 saturated carbocycles. The molecule has 0 radical (unpaired) electrons. The Balaban J connectivity index is 1.06. The Hall–Kier alpha value is -4.10. The van der Waals surface area contributed by atoms with Crippen LogP contribution in [0.1, 0.15) is 79.5 Å². The summed E-state index contributed by atoms with van der Waals surface area (Å²) in [6, 6.07) is 7.66. The van der Waals surface area contributed by atoms with Crippen LogP contribution >= 0.6 is 27.3 Å². The van der Waals surface area contributed by atoms with Gasteiger partial charge in [-0.2, -0.15) is 0 Å². The van der Waals surface area contributed by atoms with Gasteiger partial charge in [0.2, 0.25) is 17.7 Å². The summed E-state index contributed by atoms with van der Waals surface area (Å²) < 4.78 is 13.4. The molecule has 17 heteroatoms. The molecule has 1 aromatic heterocycles. The van der Waals surface area contributed by atoms with E-state index in [4.69, 9.17) is 9.47 Å². The molecule has 2 aromatic rings. The zero-order chi connectivity index (χ0) is 43.1. The summed E-state index contributed by atoms with van der Waals surface area (Å²) >= 11 is 4.40. The van der Waals surface area contributed by atoms with Crippen LogP contribution in [0.3, 0.4) is 0 Å². The lowest BCUT2D eigenvalue weighted by Gasteiger charge is -2.59. The second-order valence-corrected chi connectivity index (χ2v) is 18.7. The number of aliphatic carboxylic acids is 1. The lowest BCUT2D eigenvalue weighted by atomic mass is 9.46. The highest BCUT2D eigenvalue weighted by atomic mass is 79.9. The molecule has 15 nitrogen and oxygen atoms in total. The van der Waals surface area contributed by atoms with Crippen molar-refractivity contribution in [2.24, 2.45) is 28.6 Å². The molecule has 1 aromatic carbocycles. The molecule has 4 aliphatic carbocycles. The van der Waals surface area contributed by atoms with Crippen LogP contribution in [0.5, 0.6) is 0 Å². The largest absolute Gasteiger partial charge is 0.481 e.